The molecule has 0 saturated carbocycles. The maximum Gasteiger partial charge on any atom is 0.334 e. The molecule has 1 N–H and O–H groups in total. The van der Waals surface area contributed by atoms with Crippen LogP contribution in [0, 0.1) is 5.92 Å². The molecule has 0 aromatic heterocycles. The number of urea groups is 1. The third kappa shape index (κ3) is 4.34. The molecular weight excluding hydrogens is 381 g/mol. The predicted octanol–water partition coefficient (Wildman–Crippen LogP) is 2.62. The summed E-state index contributed by atoms with van der Waals surface area (Å²) in [5, 5.41) is 3.41. The van der Waals surface area contributed by atoms with Crippen molar-refractivity contribution >= 4 is 47.0 Å². The molecule has 140 valence electrons. The predicted molar refractivity (Wildman–Crippen MR) is 96.7 cm³/mol. The molecule has 0 aliphatic carbocycles. The van der Waals surface area contributed by atoms with Crippen LogP contribution < -0.4 is 5.32 Å². The topological polar surface area (TPSA) is 86.8 Å². The number of imide groups is 2. The standard InChI is InChI=1S/C17H19Cl2N3O4/c1-9(2)7-21-15(24)16(25)22(17(21)26)8-14(23)20-10(3)11-4-5-12(18)13(19)6-11/h4-6,9-10H,7-8H2,1-3H3,(H,20,23)/t10-/m1/s1. The highest BCUT2D eigenvalue weighted by atomic mass is 35.5. The SMILES string of the molecule is CC(C)CN1C(=O)C(=O)N(CC(=O)N[C@H](C)c2ccc(Cl)c(Cl)c2)C1=O. The Hall–Kier alpha value is -2.12. The van der Waals surface area contributed by atoms with Crippen molar-refractivity contribution < 1.29 is 19.2 Å². The minimum Gasteiger partial charge on any atom is -0.348 e. The molecule has 7 nitrogen and oxygen atoms in total. The largest absolute Gasteiger partial charge is 0.348 e. The highest BCUT2D eigenvalue weighted by molar-refractivity contribution is 6.45. The number of hydrogen-bond donors (Lipinski definition) is 1. The van der Waals surface area contributed by atoms with Gasteiger partial charge < -0.3 is 5.32 Å². The lowest BCUT2D eigenvalue weighted by Gasteiger charge is -2.19. The summed E-state index contributed by atoms with van der Waals surface area (Å²) < 4.78 is 0. The quantitative estimate of drug-likeness (QED) is 0.588. The Balaban J connectivity index is 2.02. The smallest absolute Gasteiger partial charge is 0.334 e. The Labute approximate surface area is 161 Å². The second-order valence-electron chi connectivity index (χ2n) is 6.45. The van der Waals surface area contributed by atoms with E-state index in [1.165, 1.54) is 0 Å². The van der Waals surface area contributed by atoms with Gasteiger partial charge in [-0.15, -0.1) is 0 Å². The van der Waals surface area contributed by atoms with Crippen LogP contribution in [0.4, 0.5) is 4.79 Å². The summed E-state index contributed by atoms with van der Waals surface area (Å²) in [6.07, 6.45) is 0. The summed E-state index contributed by atoms with van der Waals surface area (Å²) in [6, 6.07) is 3.74. The van der Waals surface area contributed by atoms with Crippen molar-refractivity contribution in [1.29, 1.82) is 0 Å². The van der Waals surface area contributed by atoms with Gasteiger partial charge in [0.15, 0.2) is 0 Å². The first kappa shape index (κ1) is 20.2. The maximum atomic E-state index is 12.2. The summed E-state index contributed by atoms with van der Waals surface area (Å²) in [5.74, 6) is -2.45. The zero-order valence-corrected chi connectivity index (χ0v) is 16.1. The minimum atomic E-state index is -0.993. The van der Waals surface area contributed by atoms with Crippen molar-refractivity contribution in [3.8, 4) is 0 Å². The number of nitrogens with one attached hydrogen (secondary N) is 1. The van der Waals surface area contributed by atoms with Crippen molar-refractivity contribution in [3.63, 3.8) is 0 Å². The molecular formula is C17H19Cl2N3O4. The van der Waals surface area contributed by atoms with E-state index < -0.39 is 36.3 Å². The van der Waals surface area contributed by atoms with Crippen LogP contribution in [0.25, 0.3) is 0 Å². The summed E-state index contributed by atoms with van der Waals surface area (Å²) in [5.41, 5.74) is 0.712. The number of nitrogens with zero attached hydrogens (tertiary/aromatic N) is 2. The average Bonchev–Trinajstić information content (AvgIpc) is 2.75. The van der Waals surface area contributed by atoms with Gasteiger partial charge in [0.05, 0.1) is 16.1 Å². The molecule has 0 radical (unpaired) electrons. The molecule has 5 amide bonds. The first-order valence-electron chi connectivity index (χ1n) is 8.03. The van der Waals surface area contributed by atoms with E-state index in [9.17, 15) is 19.2 Å². The molecule has 1 aliphatic rings. The Morgan fingerprint density at radius 1 is 1.04 bits per heavy atom. The normalized spacial score (nSPS) is 15.8. The Kier molecular flexibility index (Phi) is 6.26. The van der Waals surface area contributed by atoms with Crippen molar-refractivity contribution in [3.05, 3.63) is 33.8 Å². The molecule has 0 bridgehead atoms. The van der Waals surface area contributed by atoms with Crippen LogP contribution in [-0.2, 0) is 14.4 Å². The van der Waals surface area contributed by atoms with Gasteiger partial charge in [0.25, 0.3) is 0 Å². The molecule has 1 atom stereocenters. The van der Waals surface area contributed by atoms with Crippen LogP contribution in [0.5, 0.6) is 0 Å². The maximum absolute atomic E-state index is 12.2. The Bertz CT molecular complexity index is 766. The number of amides is 5. The molecule has 9 heteroatoms. The Morgan fingerprint density at radius 3 is 2.23 bits per heavy atom. The lowest BCUT2D eigenvalue weighted by atomic mass is 10.1. The van der Waals surface area contributed by atoms with E-state index >= 15 is 0 Å². The fourth-order valence-corrected chi connectivity index (χ4v) is 2.82. The van der Waals surface area contributed by atoms with Crippen LogP contribution >= 0.6 is 23.2 Å². The van der Waals surface area contributed by atoms with Gasteiger partial charge in [0, 0.05) is 6.54 Å². The first-order chi connectivity index (χ1) is 12.1. The van der Waals surface area contributed by atoms with Gasteiger partial charge in [-0.3, -0.25) is 19.3 Å². The lowest BCUT2D eigenvalue weighted by Crippen LogP contribution is -2.42. The number of carbonyl (C=O) groups excluding carboxylic acids is 4. The zero-order valence-electron chi connectivity index (χ0n) is 14.6. The van der Waals surface area contributed by atoms with E-state index in [0.29, 0.717) is 20.5 Å². The summed E-state index contributed by atoms with van der Waals surface area (Å²) in [7, 11) is 0. The minimum absolute atomic E-state index is 0.0131. The van der Waals surface area contributed by atoms with Gasteiger partial charge in [-0.1, -0.05) is 43.1 Å². The van der Waals surface area contributed by atoms with E-state index in [2.05, 4.69) is 5.32 Å². The molecule has 1 aromatic rings. The summed E-state index contributed by atoms with van der Waals surface area (Å²) in [4.78, 5) is 49.9. The van der Waals surface area contributed by atoms with Crippen LogP contribution in [0.3, 0.4) is 0 Å². The molecule has 0 unspecified atom stereocenters. The van der Waals surface area contributed by atoms with Crippen molar-refractivity contribution in [2.45, 2.75) is 26.8 Å². The molecule has 1 aromatic carbocycles. The number of carbonyl (C=O) groups is 4. The third-order valence-corrected chi connectivity index (χ3v) is 4.54. The van der Waals surface area contributed by atoms with Crippen LogP contribution in [-0.4, -0.2) is 46.6 Å². The molecule has 1 aliphatic heterocycles. The van der Waals surface area contributed by atoms with Gasteiger partial charge in [0.2, 0.25) is 5.91 Å². The van der Waals surface area contributed by atoms with Crippen LogP contribution in [0.1, 0.15) is 32.4 Å². The van der Waals surface area contributed by atoms with Gasteiger partial charge >= 0.3 is 17.8 Å². The van der Waals surface area contributed by atoms with Crippen molar-refractivity contribution in [2.24, 2.45) is 5.92 Å². The van der Waals surface area contributed by atoms with E-state index in [1.807, 2.05) is 13.8 Å². The molecule has 1 saturated heterocycles. The molecule has 1 heterocycles. The number of rotatable bonds is 6. The fourth-order valence-electron chi connectivity index (χ4n) is 2.51. The van der Waals surface area contributed by atoms with Gasteiger partial charge in [-0.25, -0.2) is 9.69 Å². The molecule has 0 spiro atoms. The molecule has 2 rings (SSSR count). The monoisotopic (exact) mass is 399 g/mol. The highest BCUT2D eigenvalue weighted by Crippen LogP contribution is 2.25. The zero-order chi connectivity index (χ0) is 19.6. The van der Waals surface area contributed by atoms with E-state index in [1.54, 1.807) is 25.1 Å². The third-order valence-electron chi connectivity index (χ3n) is 3.81. The van der Waals surface area contributed by atoms with Gasteiger partial charge in [0.1, 0.15) is 6.54 Å². The molecule has 26 heavy (non-hydrogen) atoms. The van der Waals surface area contributed by atoms with Crippen LogP contribution in [0.15, 0.2) is 18.2 Å². The van der Waals surface area contributed by atoms with Crippen molar-refractivity contribution in [1.82, 2.24) is 15.1 Å². The number of hydrogen-bond acceptors (Lipinski definition) is 4. The summed E-state index contributed by atoms with van der Waals surface area (Å²) >= 11 is 11.8. The lowest BCUT2D eigenvalue weighted by molar-refractivity contribution is -0.144. The Morgan fingerprint density at radius 2 is 1.65 bits per heavy atom. The van der Waals surface area contributed by atoms with Crippen LogP contribution in [0.2, 0.25) is 10.0 Å². The fraction of sp³-hybridized carbons (Fsp3) is 0.412. The van der Waals surface area contributed by atoms with E-state index in [4.69, 9.17) is 23.2 Å². The van der Waals surface area contributed by atoms with E-state index in [0.717, 1.165) is 4.90 Å². The number of halogens is 2. The number of benzene rings is 1. The second-order valence-corrected chi connectivity index (χ2v) is 7.26. The van der Waals surface area contributed by atoms with Crippen molar-refractivity contribution in [2.75, 3.05) is 13.1 Å². The van der Waals surface area contributed by atoms with E-state index in [-0.39, 0.29) is 12.5 Å². The first-order valence-corrected chi connectivity index (χ1v) is 8.79. The molecule has 1 fully saturated rings. The summed E-state index contributed by atoms with van der Waals surface area (Å²) in [6.45, 7) is 4.96. The second kappa shape index (κ2) is 8.05. The average molecular weight is 400 g/mol. The highest BCUT2D eigenvalue weighted by Gasteiger charge is 2.45. The van der Waals surface area contributed by atoms with Gasteiger partial charge in [-0.05, 0) is 30.5 Å². The van der Waals surface area contributed by atoms with Gasteiger partial charge in [-0.2, -0.15) is 0 Å².